The van der Waals surface area contributed by atoms with Gasteiger partial charge in [0.25, 0.3) is 0 Å². The van der Waals surface area contributed by atoms with Crippen molar-refractivity contribution in [3.05, 3.63) is 0 Å². The van der Waals surface area contributed by atoms with E-state index in [9.17, 15) is 0 Å². The SMILES string of the molecule is C1CC[NH+](CC2CC2)C1.[Br-]. The van der Waals surface area contributed by atoms with Crippen LogP contribution in [0, 0.1) is 5.92 Å². The maximum absolute atomic E-state index is 1.89. The Hall–Kier alpha value is 0.440. The summed E-state index contributed by atoms with van der Waals surface area (Å²) in [4.78, 5) is 1.89. The molecule has 60 valence electrons. The second-order valence-electron chi connectivity index (χ2n) is 3.60. The van der Waals surface area contributed by atoms with Gasteiger partial charge in [0, 0.05) is 18.8 Å². The predicted octanol–water partition coefficient (Wildman–Crippen LogP) is -2.92. The van der Waals surface area contributed by atoms with Crippen molar-refractivity contribution in [2.45, 2.75) is 25.7 Å². The van der Waals surface area contributed by atoms with Gasteiger partial charge in [0.15, 0.2) is 0 Å². The highest BCUT2D eigenvalue weighted by molar-refractivity contribution is 4.71. The zero-order valence-electron chi connectivity index (χ0n) is 6.41. The molecule has 0 spiro atoms. The first kappa shape index (κ1) is 8.54. The summed E-state index contributed by atoms with van der Waals surface area (Å²) in [6.45, 7) is 4.44. The van der Waals surface area contributed by atoms with Gasteiger partial charge in [0.2, 0.25) is 0 Å². The van der Waals surface area contributed by atoms with Gasteiger partial charge in [0.05, 0.1) is 19.6 Å². The van der Waals surface area contributed by atoms with E-state index in [0.717, 1.165) is 5.92 Å². The molecule has 0 aromatic carbocycles. The number of nitrogens with one attached hydrogen (secondary N) is 1. The van der Waals surface area contributed by atoms with Crippen molar-refractivity contribution < 1.29 is 21.9 Å². The van der Waals surface area contributed by atoms with E-state index in [-0.39, 0.29) is 17.0 Å². The molecule has 0 amide bonds. The summed E-state index contributed by atoms with van der Waals surface area (Å²) in [5, 5.41) is 0. The molecule has 0 bridgehead atoms. The van der Waals surface area contributed by atoms with Crippen LogP contribution in [0.15, 0.2) is 0 Å². The third-order valence-electron chi connectivity index (χ3n) is 2.58. The Labute approximate surface area is 73.6 Å². The zero-order valence-corrected chi connectivity index (χ0v) is 7.99. The van der Waals surface area contributed by atoms with Crippen LogP contribution in [0.3, 0.4) is 0 Å². The Morgan fingerprint density at radius 1 is 1.10 bits per heavy atom. The van der Waals surface area contributed by atoms with Crippen molar-refractivity contribution in [2.75, 3.05) is 19.6 Å². The number of rotatable bonds is 2. The van der Waals surface area contributed by atoms with Crippen molar-refractivity contribution in [1.29, 1.82) is 0 Å². The highest BCUT2D eigenvalue weighted by Crippen LogP contribution is 2.26. The normalized spacial score (nSPS) is 26.4. The summed E-state index contributed by atoms with van der Waals surface area (Å²) < 4.78 is 0. The minimum Gasteiger partial charge on any atom is -1.00 e. The number of hydrogen-bond donors (Lipinski definition) is 1. The van der Waals surface area contributed by atoms with Gasteiger partial charge in [-0.25, -0.2) is 0 Å². The molecule has 1 heterocycles. The van der Waals surface area contributed by atoms with E-state index in [1.165, 1.54) is 45.3 Å². The quantitative estimate of drug-likeness (QED) is 0.493. The Balaban J connectivity index is 0.000000500. The number of hydrogen-bond acceptors (Lipinski definition) is 0. The number of halogens is 1. The summed E-state index contributed by atoms with van der Waals surface area (Å²) in [6, 6.07) is 0. The van der Waals surface area contributed by atoms with Gasteiger partial charge in [-0.2, -0.15) is 0 Å². The molecule has 1 aliphatic heterocycles. The maximum atomic E-state index is 1.89. The van der Waals surface area contributed by atoms with Crippen LogP contribution in [0.5, 0.6) is 0 Å². The van der Waals surface area contributed by atoms with Gasteiger partial charge >= 0.3 is 0 Å². The topological polar surface area (TPSA) is 4.44 Å². The zero-order chi connectivity index (χ0) is 6.10. The van der Waals surface area contributed by atoms with Crippen molar-refractivity contribution in [2.24, 2.45) is 5.92 Å². The minimum absolute atomic E-state index is 0. The number of likely N-dealkylation sites (tertiary alicyclic amines) is 1. The highest BCUT2D eigenvalue weighted by atomic mass is 79.9. The van der Waals surface area contributed by atoms with E-state index in [0.29, 0.717) is 0 Å². The molecule has 0 aromatic heterocycles. The molecule has 0 radical (unpaired) electrons. The van der Waals surface area contributed by atoms with Crippen LogP contribution in [0.2, 0.25) is 0 Å². The summed E-state index contributed by atoms with van der Waals surface area (Å²) in [6.07, 6.45) is 6.04. The molecule has 2 fully saturated rings. The lowest BCUT2D eigenvalue weighted by Crippen LogP contribution is -3.10. The molecule has 2 heteroatoms. The first-order valence-corrected chi connectivity index (χ1v) is 4.29. The largest absolute Gasteiger partial charge is 1.00 e. The molecule has 0 unspecified atom stereocenters. The van der Waals surface area contributed by atoms with Gasteiger partial charge in [0.1, 0.15) is 0 Å². The van der Waals surface area contributed by atoms with Gasteiger partial charge < -0.3 is 21.9 Å². The van der Waals surface area contributed by atoms with Crippen molar-refractivity contribution in [3.63, 3.8) is 0 Å². The fraction of sp³-hybridized carbons (Fsp3) is 1.00. The van der Waals surface area contributed by atoms with E-state index in [1.807, 2.05) is 4.90 Å². The van der Waals surface area contributed by atoms with Crippen LogP contribution < -0.4 is 21.9 Å². The third-order valence-corrected chi connectivity index (χ3v) is 2.58. The van der Waals surface area contributed by atoms with Crippen LogP contribution in [-0.2, 0) is 0 Å². The van der Waals surface area contributed by atoms with E-state index in [2.05, 4.69) is 0 Å². The molecule has 1 aliphatic carbocycles. The van der Waals surface area contributed by atoms with E-state index in [4.69, 9.17) is 0 Å². The molecule has 0 atom stereocenters. The summed E-state index contributed by atoms with van der Waals surface area (Å²) in [5.41, 5.74) is 0. The van der Waals surface area contributed by atoms with E-state index < -0.39 is 0 Å². The first-order chi connectivity index (χ1) is 4.45. The lowest BCUT2D eigenvalue weighted by atomic mass is 10.4. The summed E-state index contributed by atoms with van der Waals surface area (Å²) in [5.74, 6) is 1.14. The third kappa shape index (κ3) is 2.24. The lowest BCUT2D eigenvalue weighted by Gasteiger charge is -2.09. The standard InChI is InChI=1S/C8H15N.BrH/c1-2-6-9(5-1)7-8-3-4-8;/h8H,1-7H2;1H. The Morgan fingerprint density at radius 2 is 1.70 bits per heavy atom. The molecular weight excluding hydrogens is 190 g/mol. The molecule has 2 rings (SSSR count). The predicted molar refractivity (Wildman–Crippen MR) is 37.5 cm³/mol. The first-order valence-electron chi connectivity index (χ1n) is 4.29. The Bertz CT molecular complexity index is 95.4. The lowest BCUT2D eigenvalue weighted by molar-refractivity contribution is -0.889. The van der Waals surface area contributed by atoms with Crippen LogP contribution in [0.4, 0.5) is 0 Å². The molecule has 1 saturated carbocycles. The fourth-order valence-corrected chi connectivity index (χ4v) is 1.81. The van der Waals surface area contributed by atoms with Crippen LogP contribution in [0.25, 0.3) is 0 Å². The van der Waals surface area contributed by atoms with Crippen molar-refractivity contribution in [3.8, 4) is 0 Å². The molecule has 10 heavy (non-hydrogen) atoms. The van der Waals surface area contributed by atoms with Gasteiger partial charge in [-0.1, -0.05) is 0 Å². The smallest absolute Gasteiger partial charge is 0.0799 e. The fourth-order valence-electron chi connectivity index (χ4n) is 1.81. The Morgan fingerprint density at radius 3 is 2.20 bits per heavy atom. The molecule has 1 N–H and O–H groups in total. The maximum Gasteiger partial charge on any atom is 0.0799 e. The van der Waals surface area contributed by atoms with E-state index >= 15 is 0 Å². The summed E-state index contributed by atoms with van der Waals surface area (Å²) >= 11 is 0. The van der Waals surface area contributed by atoms with Crippen LogP contribution in [0.1, 0.15) is 25.7 Å². The second-order valence-corrected chi connectivity index (χ2v) is 3.60. The molecule has 1 saturated heterocycles. The molecule has 2 aliphatic rings. The number of quaternary nitrogens is 1. The summed E-state index contributed by atoms with van der Waals surface area (Å²) in [7, 11) is 0. The van der Waals surface area contributed by atoms with Crippen LogP contribution >= 0.6 is 0 Å². The molecule has 1 nitrogen and oxygen atoms in total. The van der Waals surface area contributed by atoms with Gasteiger partial charge in [-0.05, 0) is 12.8 Å². The Kier molecular flexibility index (Phi) is 3.18. The minimum atomic E-state index is 0. The van der Waals surface area contributed by atoms with Crippen molar-refractivity contribution in [1.82, 2.24) is 0 Å². The molecular formula is C8H16BrN. The average molecular weight is 206 g/mol. The van der Waals surface area contributed by atoms with E-state index in [1.54, 1.807) is 0 Å². The van der Waals surface area contributed by atoms with Crippen molar-refractivity contribution >= 4 is 0 Å². The average Bonchev–Trinajstić information content (AvgIpc) is 2.46. The molecule has 0 aromatic rings. The highest BCUT2D eigenvalue weighted by Gasteiger charge is 2.28. The van der Waals surface area contributed by atoms with Crippen LogP contribution in [-0.4, -0.2) is 19.6 Å². The van der Waals surface area contributed by atoms with Gasteiger partial charge in [-0.15, -0.1) is 0 Å². The monoisotopic (exact) mass is 205 g/mol. The van der Waals surface area contributed by atoms with Gasteiger partial charge in [-0.3, -0.25) is 0 Å². The second kappa shape index (κ2) is 3.72.